The van der Waals surface area contributed by atoms with E-state index >= 15 is 0 Å². The monoisotopic (exact) mass is 245 g/mol. The van der Waals surface area contributed by atoms with Gasteiger partial charge in [0.25, 0.3) is 0 Å². The van der Waals surface area contributed by atoms with Crippen LogP contribution in [0.4, 0.5) is 0 Å². The van der Waals surface area contributed by atoms with E-state index in [4.69, 9.17) is 0 Å². The maximum absolute atomic E-state index is 3.45. The Kier molecular flexibility index (Phi) is 3.97. The second kappa shape index (κ2) is 5.48. The zero-order valence-electron chi connectivity index (χ0n) is 10.7. The SMILES string of the molecule is CCNC(C)c1cccc(-c2ccc(C)s2)c1. The van der Waals surface area contributed by atoms with E-state index in [-0.39, 0.29) is 0 Å². The lowest BCUT2D eigenvalue weighted by Crippen LogP contribution is -2.17. The molecule has 1 nitrogen and oxygen atoms in total. The molecule has 2 heteroatoms. The molecule has 0 saturated heterocycles. The van der Waals surface area contributed by atoms with Crippen LogP contribution in [0.1, 0.15) is 30.3 Å². The Bertz CT molecular complexity index is 487. The molecule has 0 saturated carbocycles. The van der Waals surface area contributed by atoms with E-state index in [0.29, 0.717) is 6.04 Å². The molecule has 17 heavy (non-hydrogen) atoms. The molecule has 1 unspecified atom stereocenters. The molecule has 0 amide bonds. The van der Waals surface area contributed by atoms with Crippen LogP contribution in [0.25, 0.3) is 10.4 Å². The largest absolute Gasteiger partial charge is 0.310 e. The molecule has 0 radical (unpaired) electrons. The predicted molar refractivity (Wildman–Crippen MR) is 76.6 cm³/mol. The van der Waals surface area contributed by atoms with Gasteiger partial charge in [-0.2, -0.15) is 0 Å². The summed E-state index contributed by atoms with van der Waals surface area (Å²) in [5, 5.41) is 3.45. The summed E-state index contributed by atoms with van der Waals surface area (Å²) in [4.78, 5) is 2.72. The van der Waals surface area contributed by atoms with Crippen molar-refractivity contribution in [1.29, 1.82) is 0 Å². The molecule has 0 aliphatic heterocycles. The average molecular weight is 245 g/mol. The molecule has 0 aliphatic carbocycles. The minimum absolute atomic E-state index is 0.418. The Morgan fingerprint density at radius 1 is 1.24 bits per heavy atom. The number of nitrogens with one attached hydrogen (secondary N) is 1. The van der Waals surface area contributed by atoms with Gasteiger partial charge in [-0.15, -0.1) is 11.3 Å². The molecule has 2 rings (SSSR count). The number of aryl methyl sites for hydroxylation is 1. The Balaban J connectivity index is 2.28. The molecule has 0 aliphatic rings. The van der Waals surface area contributed by atoms with Crippen molar-refractivity contribution >= 4 is 11.3 Å². The van der Waals surface area contributed by atoms with Gasteiger partial charge in [0.2, 0.25) is 0 Å². The highest BCUT2D eigenvalue weighted by atomic mass is 32.1. The quantitative estimate of drug-likeness (QED) is 0.842. The van der Waals surface area contributed by atoms with E-state index in [1.807, 2.05) is 11.3 Å². The van der Waals surface area contributed by atoms with Gasteiger partial charge in [0.05, 0.1) is 0 Å². The molecule has 1 heterocycles. The van der Waals surface area contributed by atoms with Crippen LogP contribution in [0, 0.1) is 6.92 Å². The second-order valence-electron chi connectivity index (χ2n) is 4.32. The van der Waals surface area contributed by atoms with Crippen molar-refractivity contribution in [3.63, 3.8) is 0 Å². The molecular weight excluding hydrogens is 226 g/mol. The Morgan fingerprint density at radius 3 is 2.71 bits per heavy atom. The van der Waals surface area contributed by atoms with Crippen molar-refractivity contribution in [3.05, 3.63) is 46.8 Å². The lowest BCUT2D eigenvalue weighted by atomic mass is 10.0. The number of thiophene rings is 1. The van der Waals surface area contributed by atoms with Gasteiger partial charge >= 0.3 is 0 Å². The summed E-state index contributed by atoms with van der Waals surface area (Å²) in [6.07, 6.45) is 0. The van der Waals surface area contributed by atoms with E-state index in [0.717, 1.165) is 6.54 Å². The fourth-order valence-electron chi connectivity index (χ4n) is 1.97. The summed E-state index contributed by atoms with van der Waals surface area (Å²) in [5.41, 5.74) is 2.68. The third-order valence-corrected chi connectivity index (χ3v) is 3.97. The molecule has 90 valence electrons. The van der Waals surface area contributed by atoms with Crippen LogP contribution in [-0.4, -0.2) is 6.54 Å². The third-order valence-electron chi connectivity index (χ3n) is 2.92. The topological polar surface area (TPSA) is 12.0 Å². The average Bonchev–Trinajstić information content (AvgIpc) is 2.76. The zero-order chi connectivity index (χ0) is 12.3. The minimum Gasteiger partial charge on any atom is -0.310 e. The minimum atomic E-state index is 0.418. The zero-order valence-corrected chi connectivity index (χ0v) is 11.5. The Morgan fingerprint density at radius 2 is 2.06 bits per heavy atom. The first-order chi connectivity index (χ1) is 8.20. The number of hydrogen-bond acceptors (Lipinski definition) is 2. The van der Waals surface area contributed by atoms with E-state index in [9.17, 15) is 0 Å². The summed E-state index contributed by atoms with van der Waals surface area (Å²) in [5.74, 6) is 0. The van der Waals surface area contributed by atoms with E-state index in [1.54, 1.807) is 0 Å². The van der Waals surface area contributed by atoms with Crippen molar-refractivity contribution in [2.75, 3.05) is 6.54 Å². The van der Waals surface area contributed by atoms with Crippen LogP contribution >= 0.6 is 11.3 Å². The second-order valence-corrected chi connectivity index (χ2v) is 5.60. The molecule has 1 aromatic carbocycles. The van der Waals surface area contributed by atoms with Gasteiger partial charge in [-0.05, 0) is 49.7 Å². The van der Waals surface area contributed by atoms with Gasteiger partial charge < -0.3 is 5.32 Å². The summed E-state index contributed by atoms with van der Waals surface area (Å²) in [7, 11) is 0. The summed E-state index contributed by atoms with van der Waals surface area (Å²) >= 11 is 1.85. The van der Waals surface area contributed by atoms with Crippen molar-refractivity contribution in [1.82, 2.24) is 5.32 Å². The highest BCUT2D eigenvalue weighted by molar-refractivity contribution is 7.15. The lowest BCUT2D eigenvalue weighted by Gasteiger charge is -2.13. The van der Waals surface area contributed by atoms with Crippen LogP contribution in [-0.2, 0) is 0 Å². The van der Waals surface area contributed by atoms with Gasteiger partial charge in [-0.1, -0.05) is 25.1 Å². The van der Waals surface area contributed by atoms with Crippen molar-refractivity contribution in [3.8, 4) is 10.4 Å². The van der Waals surface area contributed by atoms with Gasteiger partial charge in [0.1, 0.15) is 0 Å². The van der Waals surface area contributed by atoms with Gasteiger partial charge in [0, 0.05) is 15.8 Å². The van der Waals surface area contributed by atoms with Crippen LogP contribution < -0.4 is 5.32 Å². The fraction of sp³-hybridized carbons (Fsp3) is 0.333. The van der Waals surface area contributed by atoms with Gasteiger partial charge in [-0.25, -0.2) is 0 Å². The first kappa shape index (κ1) is 12.3. The van der Waals surface area contributed by atoms with Crippen LogP contribution in [0.2, 0.25) is 0 Å². The van der Waals surface area contributed by atoms with E-state index in [1.165, 1.54) is 20.9 Å². The normalized spacial score (nSPS) is 12.6. The number of hydrogen-bond donors (Lipinski definition) is 1. The maximum atomic E-state index is 3.45. The number of rotatable bonds is 4. The summed E-state index contributed by atoms with van der Waals surface area (Å²) in [6.45, 7) is 7.51. The fourth-order valence-corrected chi connectivity index (χ4v) is 2.84. The molecule has 0 fully saturated rings. The molecule has 1 N–H and O–H groups in total. The highest BCUT2D eigenvalue weighted by Gasteiger charge is 2.06. The summed E-state index contributed by atoms with van der Waals surface area (Å²) < 4.78 is 0. The predicted octanol–water partition coefficient (Wildman–Crippen LogP) is 4.39. The van der Waals surface area contributed by atoms with Crippen molar-refractivity contribution in [2.24, 2.45) is 0 Å². The number of benzene rings is 1. The maximum Gasteiger partial charge on any atom is 0.0345 e. The van der Waals surface area contributed by atoms with Crippen LogP contribution in [0.15, 0.2) is 36.4 Å². The van der Waals surface area contributed by atoms with Crippen molar-refractivity contribution < 1.29 is 0 Å². The highest BCUT2D eigenvalue weighted by Crippen LogP contribution is 2.29. The van der Waals surface area contributed by atoms with Gasteiger partial charge in [-0.3, -0.25) is 0 Å². The lowest BCUT2D eigenvalue weighted by molar-refractivity contribution is 0.598. The van der Waals surface area contributed by atoms with E-state index in [2.05, 4.69) is 62.5 Å². The van der Waals surface area contributed by atoms with E-state index < -0.39 is 0 Å². The standard InChI is InChI=1S/C15H19NS/c1-4-16-12(3)13-6-5-7-14(10-13)15-9-8-11(2)17-15/h5-10,12,16H,4H2,1-3H3. The summed E-state index contributed by atoms with van der Waals surface area (Å²) in [6, 6.07) is 13.6. The van der Waals surface area contributed by atoms with Crippen molar-refractivity contribution in [2.45, 2.75) is 26.8 Å². The molecule has 0 spiro atoms. The molecular formula is C15H19NS. The Labute approximate surface area is 108 Å². The Hall–Kier alpha value is -1.12. The molecule has 1 aromatic heterocycles. The third kappa shape index (κ3) is 2.96. The first-order valence-corrected chi connectivity index (χ1v) is 6.92. The van der Waals surface area contributed by atoms with Crippen LogP contribution in [0.3, 0.4) is 0 Å². The molecule has 0 bridgehead atoms. The van der Waals surface area contributed by atoms with Gasteiger partial charge in [0.15, 0.2) is 0 Å². The first-order valence-electron chi connectivity index (χ1n) is 6.11. The molecule has 1 atom stereocenters. The smallest absolute Gasteiger partial charge is 0.0345 e. The van der Waals surface area contributed by atoms with Crippen LogP contribution in [0.5, 0.6) is 0 Å². The molecule has 2 aromatic rings.